The Morgan fingerprint density at radius 3 is 2.21 bits per heavy atom. The summed E-state index contributed by atoms with van der Waals surface area (Å²) in [6.07, 6.45) is 34.0. The summed E-state index contributed by atoms with van der Waals surface area (Å²) in [5.41, 5.74) is 2.83. The molecule has 5 aliphatic carbocycles. The van der Waals surface area contributed by atoms with Gasteiger partial charge in [0.2, 0.25) is 0 Å². The maximum absolute atomic E-state index is 10.4. The van der Waals surface area contributed by atoms with Gasteiger partial charge in [0.15, 0.2) is 0 Å². The number of rotatable bonds is 5. The van der Waals surface area contributed by atoms with Gasteiger partial charge < -0.3 is 4.90 Å². The van der Waals surface area contributed by atoms with Crippen molar-refractivity contribution in [2.75, 3.05) is 11.4 Å². The third-order valence-corrected chi connectivity index (χ3v) is 17.2. The summed E-state index contributed by atoms with van der Waals surface area (Å²) >= 11 is 0. The SMILES string of the molecule is N#CC1C=CC2C(C1)C1CC(C#N)CCC1N2C1CC(C2CCCCC2C2CC=CCC2C2CCCCC2C#N)CC(N2c3ccccc3C3C=CCNC32)N1. The number of benzene rings is 1. The molecule has 1 aromatic rings. The molecule has 0 radical (unpaired) electrons. The Morgan fingerprint density at radius 2 is 1.39 bits per heavy atom. The molecule has 0 aromatic heterocycles. The summed E-state index contributed by atoms with van der Waals surface area (Å²) in [5, 5.41) is 38.9. The highest BCUT2D eigenvalue weighted by Crippen LogP contribution is 2.55. The number of hydrogen-bond acceptors (Lipinski definition) is 7. The molecule has 17 atom stereocenters. The summed E-state index contributed by atoms with van der Waals surface area (Å²) in [6, 6.07) is 18.1. The van der Waals surface area contributed by atoms with Crippen molar-refractivity contribution < 1.29 is 0 Å². The molecule has 9 aliphatic rings. The van der Waals surface area contributed by atoms with E-state index in [1.165, 1.54) is 75.5 Å². The largest absolute Gasteiger partial charge is 0.339 e. The van der Waals surface area contributed by atoms with Gasteiger partial charge in [-0.15, -0.1) is 0 Å². The van der Waals surface area contributed by atoms with E-state index in [9.17, 15) is 15.8 Å². The number of nitrogens with zero attached hydrogens (tertiary/aromatic N) is 5. The van der Waals surface area contributed by atoms with Crippen molar-refractivity contribution >= 4 is 5.69 Å². The van der Waals surface area contributed by atoms with Gasteiger partial charge >= 0.3 is 0 Å². The molecule has 0 amide bonds. The van der Waals surface area contributed by atoms with Crippen LogP contribution in [0.5, 0.6) is 0 Å². The highest BCUT2D eigenvalue weighted by Gasteiger charge is 2.56. The molecule has 2 saturated heterocycles. The van der Waals surface area contributed by atoms with Crippen molar-refractivity contribution in [3.8, 4) is 18.2 Å². The molecular formula is C49H63N7. The predicted octanol–water partition coefficient (Wildman–Crippen LogP) is 9.15. The summed E-state index contributed by atoms with van der Waals surface area (Å²) < 4.78 is 0. The van der Waals surface area contributed by atoms with Gasteiger partial charge in [0.05, 0.1) is 42.6 Å². The number of allylic oxidation sites excluding steroid dienone is 3. The lowest BCUT2D eigenvalue weighted by Gasteiger charge is -2.53. The first kappa shape index (κ1) is 36.9. The van der Waals surface area contributed by atoms with Crippen molar-refractivity contribution in [3.63, 3.8) is 0 Å². The lowest BCUT2D eigenvalue weighted by molar-refractivity contribution is -0.0143. The fraction of sp³-hybridized carbons (Fsp3) is 0.694. The maximum Gasteiger partial charge on any atom is 0.0919 e. The second kappa shape index (κ2) is 15.7. The lowest BCUT2D eigenvalue weighted by atomic mass is 9.56. The van der Waals surface area contributed by atoms with Crippen molar-refractivity contribution in [1.29, 1.82) is 15.8 Å². The number of para-hydroxylation sites is 1. The van der Waals surface area contributed by atoms with Crippen LogP contribution >= 0.6 is 0 Å². The van der Waals surface area contributed by atoms with Crippen molar-refractivity contribution in [2.45, 2.75) is 139 Å². The third-order valence-electron chi connectivity index (χ3n) is 17.2. The van der Waals surface area contributed by atoms with E-state index in [1.807, 2.05) is 0 Å². The van der Waals surface area contributed by atoms with Gasteiger partial charge in [-0.3, -0.25) is 15.5 Å². The van der Waals surface area contributed by atoms with E-state index in [-0.39, 0.29) is 36.3 Å². The van der Waals surface area contributed by atoms with E-state index in [4.69, 9.17) is 0 Å². The van der Waals surface area contributed by atoms with Crippen LogP contribution in [0.1, 0.15) is 114 Å². The minimum Gasteiger partial charge on any atom is -0.339 e. The average Bonchev–Trinajstić information content (AvgIpc) is 3.78. The van der Waals surface area contributed by atoms with E-state index in [0.29, 0.717) is 59.4 Å². The Bertz CT molecular complexity index is 1810. The van der Waals surface area contributed by atoms with Crippen LogP contribution in [0.3, 0.4) is 0 Å². The molecule has 7 nitrogen and oxygen atoms in total. The monoisotopic (exact) mass is 750 g/mol. The summed E-state index contributed by atoms with van der Waals surface area (Å²) in [4.78, 5) is 5.70. The number of anilines is 1. The Hall–Kier alpha value is -3.41. The van der Waals surface area contributed by atoms with Gasteiger partial charge in [-0.2, -0.15) is 15.8 Å². The minimum absolute atomic E-state index is 0.0205. The molecule has 294 valence electrons. The Balaban J connectivity index is 1.02. The fourth-order valence-electron chi connectivity index (χ4n) is 15.0. The first-order valence-electron chi connectivity index (χ1n) is 23.0. The van der Waals surface area contributed by atoms with Crippen LogP contribution in [-0.4, -0.2) is 42.0 Å². The van der Waals surface area contributed by atoms with Gasteiger partial charge in [0.25, 0.3) is 0 Å². The topological polar surface area (TPSA) is 102 Å². The Kier molecular flexibility index (Phi) is 10.4. The standard InChI is InChI=1S/C49H63N7/c50-28-31-19-21-45-42(24-31)43-25-32(29-51)20-22-46(43)55(45)47-26-34(27-48(54-47)56-44-18-8-7-16-40(44)41-17-9-23-53-49(41)56)36-12-3-4-14-38(36)39-15-6-5-13-37(39)35-11-2-1-10-33(35)30-52/h5-9,16-19,21,31-39,41-43,45-49,53-54H,1-4,10-15,20,22-27H2. The first-order chi connectivity index (χ1) is 27.6. The van der Waals surface area contributed by atoms with E-state index in [1.54, 1.807) is 0 Å². The molecular weight excluding hydrogens is 687 g/mol. The highest BCUT2D eigenvalue weighted by atomic mass is 15.4. The van der Waals surface area contributed by atoms with Crippen molar-refractivity contribution in [2.24, 2.45) is 65.1 Å². The number of hydrogen-bond donors (Lipinski definition) is 2. The van der Waals surface area contributed by atoms with Crippen LogP contribution in [0.4, 0.5) is 5.69 Å². The zero-order chi connectivity index (χ0) is 37.8. The highest BCUT2D eigenvalue weighted by molar-refractivity contribution is 5.64. The van der Waals surface area contributed by atoms with Crippen LogP contribution in [0, 0.1) is 99.1 Å². The molecule has 1 aromatic carbocycles. The van der Waals surface area contributed by atoms with E-state index in [2.05, 4.69) is 99.4 Å². The van der Waals surface area contributed by atoms with Crippen LogP contribution in [-0.2, 0) is 0 Å². The maximum atomic E-state index is 10.4. The molecule has 2 N–H and O–H groups in total. The van der Waals surface area contributed by atoms with Gasteiger partial charge in [0, 0.05) is 42.1 Å². The second-order valence-corrected chi connectivity index (χ2v) is 19.6. The smallest absolute Gasteiger partial charge is 0.0919 e. The van der Waals surface area contributed by atoms with E-state index in [0.717, 1.165) is 51.0 Å². The number of nitriles is 3. The quantitative estimate of drug-likeness (QED) is 0.290. The third kappa shape index (κ3) is 6.38. The van der Waals surface area contributed by atoms with Crippen molar-refractivity contribution in [1.82, 2.24) is 15.5 Å². The number of fused-ring (bicyclic) bond motifs is 6. The predicted molar refractivity (Wildman–Crippen MR) is 220 cm³/mol. The van der Waals surface area contributed by atoms with Crippen LogP contribution in [0.15, 0.2) is 60.7 Å². The molecule has 0 bridgehead atoms. The second-order valence-electron chi connectivity index (χ2n) is 19.6. The van der Waals surface area contributed by atoms with Gasteiger partial charge in [0.1, 0.15) is 0 Å². The minimum atomic E-state index is -0.0205. The molecule has 3 saturated carbocycles. The van der Waals surface area contributed by atoms with Crippen molar-refractivity contribution in [3.05, 3.63) is 66.3 Å². The zero-order valence-corrected chi connectivity index (χ0v) is 33.3. The van der Waals surface area contributed by atoms with E-state index >= 15 is 0 Å². The molecule has 0 spiro atoms. The normalized spacial score (nSPS) is 45.7. The van der Waals surface area contributed by atoms with Crippen LogP contribution in [0.2, 0.25) is 0 Å². The number of likely N-dealkylation sites (tertiary alicyclic amines) is 1. The molecule has 5 fully saturated rings. The molecule has 17 unspecified atom stereocenters. The molecule has 4 heterocycles. The molecule has 10 rings (SSSR count). The average molecular weight is 750 g/mol. The number of piperidine rings is 1. The molecule has 4 aliphatic heterocycles. The molecule has 7 heteroatoms. The van der Waals surface area contributed by atoms with Gasteiger partial charge in [-0.05, 0) is 136 Å². The first-order valence-corrected chi connectivity index (χ1v) is 23.0. The molecule has 56 heavy (non-hydrogen) atoms. The Morgan fingerprint density at radius 1 is 0.625 bits per heavy atom. The van der Waals surface area contributed by atoms with E-state index < -0.39 is 0 Å². The zero-order valence-electron chi connectivity index (χ0n) is 33.3. The summed E-state index contributed by atoms with van der Waals surface area (Å²) in [5.74, 6) is 5.52. The van der Waals surface area contributed by atoms with Gasteiger partial charge in [-0.25, -0.2) is 0 Å². The van der Waals surface area contributed by atoms with Crippen LogP contribution < -0.4 is 15.5 Å². The van der Waals surface area contributed by atoms with Gasteiger partial charge in [-0.1, -0.05) is 80.3 Å². The lowest BCUT2D eigenvalue weighted by Crippen LogP contribution is -2.66. The summed E-state index contributed by atoms with van der Waals surface area (Å²) in [7, 11) is 0. The Labute approximate surface area is 336 Å². The summed E-state index contributed by atoms with van der Waals surface area (Å²) in [6.45, 7) is 0.905. The number of nitrogens with one attached hydrogen (secondary N) is 2. The van der Waals surface area contributed by atoms with Crippen LogP contribution in [0.25, 0.3) is 0 Å². The fourth-order valence-corrected chi connectivity index (χ4v) is 15.0.